The summed E-state index contributed by atoms with van der Waals surface area (Å²) in [5, 5.41) is 3.52. The van der Waals surface area contributed by atoms with E-state index in [2.05, 4.69) is 19.2 Å². The summed E-state index contributed by atoms with van der Waals surface area (Å²) < 4.78 is 11.4. The van der Waals surface area contributed by atoms with Crippen molar-refractivity contribution in [1.82, 2.24) is 5.32 Å². The van der Waals surface area contributed by atoms with Gasteiger partial charge in [-0.25, -0.2) is 0 Å². The van der Waals surface area contributed by atoms with Crippen molar-refractivity contribution >= 4 is 0 Å². The molecule has 2 fully saturated rings. The standard InChI is InChI=1S/C10H19NO2/c1-3-9-4-5-12-7-10(9)11-8(2)6-13-10/h8-9,11H,3-7H2,1-2H3. The molecule has 3 nitrogen and oxygen atoms in total. The summed E-state index contributed by atoms with van der Waals surface area (Å²) in [6.45, 7) is 6.82. The minimum Gasteiger partial charge on any atom is -0.377 e. The second-order valence-electron chi connectivity index (χ2n) is 4.19. The molecule has 1 spiro atoms. The van der Waals surface area contributed by atoms with Crippen LogP contribution in [0.3, 0.4) is 0 Å². The molecule has 2 heterocycles. The van der Waals surface area contributed by atoms with Gasteiger partial charge < -0.3 is 9.47 Å². The lowest BCUT2D eigenvalue weighted by Crippen LogP contribution is -2.56. The highest BCUT2D eigenvalue weighted by molar-refractivity contribution is 4.94. The van der Waals surface area contributed by atoms with E-state index in [-0.39, 0.29) is 5.72 Å². The average Bonchev–Trinajstić information content (AvgIpc) is 2.49. The highest BCUT2D eigenvalue weighted by Gasteiger charge is 2.46. The quantitative estimate of drug-likeness (QED) is 0.664. The molecular formula is C10H19NO2. The van der Waals surface area contributed by atoms with Crippen LogP contribution in [0.4, 0.5) is 0 Å². The summed E-state index contributed by atoms with van der Waals surface area (Å²) in [7, 11) is 0. The predicted molar refractivity (Wildman–Crippen MR) is 50.5 cm³/mol. The van der Waals surface area contributed by atoms with E-state index in [1.165, 1.54) is 6.42 Å². The molecule has 0 aromatic carbocycles. The van der Waals surface area contributed by atoms with Crippen molar-refractivity contribution in [2.75, 3.05) is 19.8 Å². The number of nitrogens with one attached hydrogen (secondary N) is 1. The van der Waals surface area contributed by atoms with Crippen LogP contribution < -0.4 is 5.32 Å². The number of ether oxygens (including phenoxy) is 2. The predicted octanol–water partition coefficient (Wildman–Crippen LogP) is 1.14. The van der Waals surface area contributed by atoms with Crippen LogP contribution in [0.2, 0.25) is 0 Å². The van der Waals surface area contributed by atoms with Gasteiger partial charge in [0.15, 0.2) is 0 Å². The van der Waals surface area contributed by atoms with Gasteiger partial charge in [-0.2, -0.15) is 0 Å². The van der Waals surface area contributed by atoms with Crippen LogP contribution in [0.1, 0.15) is 26.7 Å². The van der Waals surface area contributed by atoms with E-state index in [0.29, 0.717) is 12.0 Å². The Morgan fingerprint density at radius 2 is 2.38 bits per heavy atom. The Hall–Kier alpha value is -0.120. The molecular weight excluding hydrogens is 166 g/mol. The molecule has 3 atom stereocenters. The van der Waals surface area contributed by atoms with Gasteiger partial charge in [0, 0.05) is 18.6 Å². The van der Waals surface area contributed by atoms with Gasteiger partial charge >= 0.3 is 0 Å². The molecule has 2 aliphatic rings. The summed E-state index contributed by atoms with van der Waals surface area (Å²) in [6, 6.07) is 0.468. The monoisotopic (exact) mass is 185 g/mol. The molecule has 13 heavy (non-hydrogen) atoms. The number of hydrogen-bond donors (Lipinski definition) is 1. The molecule has 2 saturated heterocycles. The first-order valence-electron chi connectivity index (χ1n) is 5.26. The molecule has 0 aromatic heterocycles. The van der Waals surface area contributed by atoms with Crippen LogP contribution in [-0.4, -0.2) is 31.6 Å². The molecule has 0 aromatic rings. The minimum atomic E-state index is -0.160. The van der Waals surface area contributed by atoms with Crippen molar-refractivity contribution in [3.05, 3.63) is 0 Å². The fourth-order valence-electron chi connectivity index (χ4n) is 2.43. The normalized spacial score (nSPS) is 45.7. The highest BCUT2D eigenvalue weighted by atomic mass is 16.6. The minimum absolute atomic E-state index is 0.160. The van der Waals surface area contributed by atoms with Gasteiger partial charge in [0.1, 0.15) is 5.72 Å². The van der Waals surface area contributed by atoms with Gasteiger partial charge in [-0.1, -0.05) is 6.92 Å². The van der Waals surface area contributed by atoms with Gasteiger partial charge in [-0.05, 0) is 19.8 Å². The zero-order valence-electron chi connectivity index (χ0n) is 8.51. The number of hydrogen-bond acceptors (Lipinski definition) is 3. The maximum atomic E-state index is 5.86. The van der Waals surface area contributed by atoms with Crippen LogP contribution in [-0.2, 0) is 9.47 Å². The lowest BCUT2D eigenvalue weighted by atomic mass is 9.89. The van der Waals surface area contributed by atoms with Crippen molar-refractivity contribution in [1.29, 1.82) is 0 Å². The fraction of sp³-hybridized carbons (Fsp3) is 1.00. The third-order valence-electron chi connectivity index (χ3n) is 3.16. The van der Waals surface area contributed by atoms with Crippen molar-refractivity contribution in [3.8, 4) is 0 Å². The van der Waals surface area contributed by atoms with Crippen molar-refractivity contribution in [3.63, 3.8) is 0 Å². The topological polar surface area (TPSA) is 30.5 Å². The van der Waals surface area contributed by atoms with E-state index in [1.54, 1.807) is 0 Å². The molecule has 3 unspecified atom stereocenters. The van der Waals surface area contributed by atoms with E-state index in [9.17, 15) is 0 Å². The number of rotatable bonds is 1. The van der Waals surface area contributed by atoms with E-state index < -0.39 is 0 Å². The van der Waals surface area contributed by atoms with E-state index in [0.717, 1.165) is 26.2 Å². The molecule has 76 valence electrons. The van der Waals surface area contributed by atoms with E-state index >= 15 is 0 Å². The Bertz CT molecular complexity index is 182. The van der Waals surface area contributed by atoms with Gasteiger partial charge in [0.2, 0.25) is 0 Å². The molecule has 0 bridgehead atoms. The molecule has 0 amide bonds. The zero-order chi connectivity index (χ0) is 9.31. The van der Waals surface area contributed by atoms with Crippen molar-refractivity contribution in [2.24, 2.45) is 5.92 Å². The van der Waals surface area contributed by atoms with Crippen LogP contribution in [0, 0.1) is 5.92 Å². The Balaban J connectivity index is 2.08. The van der Waals surface area contributed by atoms with Gasteiger partial charge in [-0.3, -0.25) is 5.32 Å². The summed E-state index contributed by atoms with van der Waals surface area (Å²) in [5.41, 5.74) is -0.160. The molecule has 2 aliphatic heterocycles. The van der Waals surface area contributed by atoms with E-state index in [1.807, 2.05) is 0 Å². The van der Waals surface area contributed by atoms with Crippen molar-refractivity contribution in [2.45, 2.75) is 38.5 Å². The lowest BCUT2D eigenvalue weighted by Gasteiger charge is -2.40. The van der Waals surface area contributed by atoms with Gasteiger partial charge in [0.05, 0.1) is 13.2 Å². The third kappa shape index (κ3) is 1.60. The highest BCUT2D eigenvalue weighted by Crippen LogP contribution is 2.33. The molecule has 0 aliphatic carbocycles. The fourth-order valence-corrected chi connectivity index (χ4v) is 2.43. The maximum Gasteiger partial charge on any atom is 0.145 e. The summed E-state index contributed by atoms with van der Waals surface area (Å²) in [4.78, 5) is 0. The molecule has 3 heteroatoms. The Morgan fingerprint density at radius 1 is 1.54 bits per heavy atom. The first kappa shape index (κ1) is 9.44. The first-order valence-corrected chi connectivity index (χ1v) is 5.26. The maximum absolute atomic E-state index is 5.86. The largest absolute Gasteiger partial charge is 0.377 e. The Labute approximate surface area is 79.8 Å². The van der Waals surface area contributed by atoms with Crippen LogP contribution in [0.5, 0.6) is 0 Å². The third-order valence-corrected chi connectivity index (χ3v) is 3.16. The van der Waals surface area contributed by atoms with Crippen LogP contribution in [0.25, 0.3) is 0 Å². The summed E-state index contributed by atoms with van der Waals surface area (Å²) >= 11 is 0. The van der Waals surface area contributed by atoms with Crippen LogP contribution >= 0.6 is 0 Å². The molecule has 0 saturated carbocycles. The molecule has 0 radical (unpaired) electrons. The lowest BCUT2D eigenvalue weighted by molar-refractivity contribution is -0.147. The van der Waals surface area contributed by atoms with Crippen molar-refractivity contribution < 1.29 is 9.47 Å². The molecule has 1 N–H and O–H groups in total. The average molecular weight is 185 g/mol. The van der Waals surface area contributed by atoms with Crippen LogP contribution in [0.15, 0.2) is 0 Å². The smallest absolute Gasteiger partial charge is 0.145 e. The summed E-state index contributed by atoms with van der Waals surface area (Å²) in [5.74, 6) is 0.617. The second kappa shape index (κ2) is 3.56. The Kier molecular flexibility index (Phi) is 2.58. The SMILES string of the molecule is CCC1CCOCC12NC(C)CO2. The molecule has 2 rings (SSSR count). The summed E-state index contributed by atoms with van der Waals surface area (Å²) in [6.07, 6.45) is 2.29. The Morgan fingerprint density at radius 3 is 3.00 bits per heavy atom. The first-order chi connectivity index (χ1) is 6.27. The van der Waals surface area contributed by atoms with Gasteiger partial charge in [-0.15, -0.1) is 0 Å². The van der Waals surface area contributed by atoms with Gasteiger partial charge in [0.25, 0.3) is 0 Å². The zero-order valence-corrected chi connectivity index (χ0v) is 8.51. The second-order valence-corrected chi connectivity index (χ2v) is 4.19. The van der Waals surface area contributed by atoms with E-state index in [4.69, 9.17) is 9.47 Å².